The molecule has 2 aromatic heterocycles. The van der Waals surface area contributed by atoms with Crippen LogP contribution >= 0.6 is 0 Å². The molecule has 0 saturated heterocycles. The Morgan fingerprint density at radius 1 is 0.607 bits per heavy atom. The van der Waals surface area contributed by atoms with Crippen molar-refractivity contribution >= 4 is 33.1 Å². The van der Waals surface area contributed by atoms with Gasteiger partial charge in [0, 0.05) is 5.56 Å². The van der Waals surface area contributed by atoms with Crippen LogP contribution in [0.5, 0.6) is 0 Å². The summed E-state index contributed by atoms with van der Waals surface area (Å²) in [7, 11) is 0. The van der Waals surface area contributed by atoms with E-state index in [-0.39, 0.29) is 0 Å². The zero-order chi connectivity index (χ0) is 19.3. The molecule has 5 rings (SSSR count). The van der Waals surface area contributed by atoms with Crippen molar-refractivity contribution in [1.29, 1.82) is 0 Å². The fourth-order valence-electron chi connectivity index (χ4n) is 3.10. The summed E-state index contributed by atoms with van der Waals surface area (Å²) < 4.78 is 38.2. The molecule has 7 heteroatoms. The molecule has 0 bridgehead atoms. The summed E-state index contributed by atoms with van der Waals surface area (Å²) in [5, 5.41) is 0. The molecule has 0 saturated carbocycles. The van der Waals surface area contributed by atoms with Crippen LogP contribution in [0.3, 0.4) is 0 Å². The van der Waals surface area contributed by atoms with E-state index in [2.05, 4.69) is 19.9 Å². The lowest BCUT2D eigenvalue weighted by Gasteiger charge is -2.08. The maximum absolute atomic E-state index is 12.7. The molecule has 0 spiro atoms. The average molecular weight is 376 g/mol. The fourth-order valence-corrected chi connectivity index (χ4v) is 3.10. The van der Waals surface area contributed by atoms with Crippen LogP contribution in [0, 0.1) is 0 Å². The molecule has 0 fully saturated rings. The van der Waals surface area contributed by atoms with E-state index >= 15 is 0 Å². The Labute approximate surface area is 156 Å². The van der Waals surface area contributed by atoms with Gasteiger partial charge in [-0.2, -0.15) is 13.2 Å². The highest BCUT2D eigenvalue weighted by atomic mass is 19.4. The normalized spacial score (nSPS) is 12.1. The van der Waals surface area contributed by atoms with E-state index in [1.807, 2.05) is 30.3 Å². The van der Waals surface area contributed by atoms with Crippen LogP contribution in [-0.4, -0.2) is 19.9 Å². The number of fused-ring (bicyclic) bond motifs is 3. The molecular formula is C21H11F3N4. The van der Waals surface area contributed by atoms with Gasteiger partial charge in [-0.05, 0) is 36.4 Å². The minimum Gasteiger partial charge on any atom is -0.252 e. The van der Waals surface area contributed by atoms with Gasteiger partial charge in [0.05, 0.1) is 50.6 Å². The number of nitrogens with zero attached hydrogens (tertiary/aromatic N) is 4. The number of rotatable bonds is 1. The lowest BCUT2D eigenvalue weighted by atomic mass is 10.1. The van der Waals surface area contributed by atoms with Gasteiger partial charge in [0.2, 0.25) is 0 Å². The number of hydrogen-bond donors (Lipinski definition) is 0. The van der Waals surface area contributed by atoms with Gasteiger partial charge in [0.15, 0.2) is 0 Å². The van der Waals surface area contributed by atoms with Crippen LogP contribution in [-0.2, 0) is 6.18 Å². The number of hydrogen-bond acceptors (Lipinski definition) is 4. The lowest BCUT2D eigenvalue weighted by molar-refractivity contribution is -0.137. The summed E-state index contributed by atoms with van der Waals surface area (Å²) in [6, 6.07) is 16.1. The first-order valence-corrected chi connectivity index (χ1v) is 8.48. The average Bonchev–Trinajstić information content (AvgIpc) is 2.69. The molecule has 0 aliphatic heterocycles. The van der Waals surface area contributed by atoms with Crippen molar-refractivity contribution in [2.75, 3.05) is 0 Å². The fraction of sp³-hybridized carbons (Fsp3) is 0.0476. The zero-order valence-electron chi connectivity index (χ0n) is 14.3. The van der Waals surface area contributed by atoms with E-state index < -0.39 is 11.7 Å². The van der Waals surface area contributed by atoms with Gasteiger partial charge in [-0.25, -0.2) is 15.0 Å². The van der Waals surface area contributed by atoms with Crippen LogP contribution in [0.1, 0.15) is 5.56 Å². The van der Waals surface area contributed by atoms with Crippen molar-refractivity contribution in [3.8, 4) is 11.3 Å². The number of benzene rings is 3. The number of aromatic nitrogens is 4. The first-order valence-electron chi connectivity index (χ1n) is 8.48. The first kappa shape index (κ1) is 16.6. The molecule has 0 aliphatic rings. The third-order valence-electron chi connectivity index (χ3n) is 4.51. The van der Waals surface area contributed by atoms with Gasteiger partial charge in [-0.1, -0.05) is 24.3 Å². The molecule has 0 N–H and O–H groups in total. The van der Waals surface area contributed by atoms with Crippen molar-refractivity contribution in [3.63, 3.8) is 0 Å². The second-order valence-electron chi connectivity index (χ2n) is 6.37. The van der Waals surface area contributed by atoms with E-state index in [4.69, 9.17) is 0 Å². The summed E-state index contributed by atoms with van der Waals surface area (Å²) in [6.45, 7) is 0. The standard InChI is InChI=1S/C21H11F3N4/c22-21(23,24)13-7-5-12(6-8-13)20-11-25-16-9-18-19(10-17(16)28-20)27-15-4-2-1-3-14(15)26-18/h1-11H. The van der Waals surface area contributed by atoms with Gasteiger partial charge >= 0.3 is 6.18 Å². The minimum absolute atomic E-state index is 0.495. The van der Waals surface area contributed by atoms with Crippen LogP contribution in [0.25, 0.3) is 44.4 Å². The van der Waals surface area contributed by atoms with Gasteiger partial charge in [-0.15, -0.1) is 0 Å². The number of alkyl halides is 3. The summed E-state index contributed by atoms with van der Waals surface area (Å²) in [5.41, 5.74) is 4.58. The predicted molar refractivity (Wildman–Crippen MR) is 101 cm³/mol. The molecule has 0 radical (unpaired) electrons. The summed E-state index contributed by atoms with van der Waals surface area (Å²) >= 11 is 0. The summed E-state index contributed by atoms with van der Waals surface area (Å²) in [6.07, 6.45) is -2.82. The van der Waals surface area contributed by atoms with Crippen molar-refractivity contribution in [2.24, 2.45) is 0 Å². The molecule has 3 aromatic carbocycles. The molecule has 0 amide bonds. The van der Waals surface area contributed by atoms with Crippen molar-refractivity contribution in [3.05, 3.63) is 72.4 Å². The molecule has 28 heavy (non-hydrogen) atoms. The SMILES string of the molecule is FC(F)(F)c1ccc(-c2cnc3cc4nc5ccccc5nc4cc3n2)cc1. The summed E-state index contributed by atoms with van der Waals surface area (Å²) in [5.74, 6) is 0. The second-order valence-corrected chi connectivity index (χ2v) is 6.37. The molecule has 136 valence electrons. The molecule has 4 nitrogen and oxygen atoms in total. The molecule has 0 unspecified atom stereocenters. The third-order valence-corrected chi connectivity index (χ3v) is 4.51. The maximum Gasteiger partial charge on any atom is 0.416 e. The summed E-state index contributed by atoms with van der Waals surface area (Å²) in [4.78, 5) is 18.2. The molecular weight excluding hydrogens is 365 g/mol. The Balaban J connectivity index is 1.63. The lowest BCUT2D eigenvalue weighted by Crippen LogP contribution is -2.04. The van der Waals surface area contributed by atoms with E-state index in [9.17, 15) is 13.2 Å². The van der Waals surface area contributed by atoms with Gasteiger partial charge in [0.25, 0.3) is 0 Å². The quantitative estimate of drug-likeness (QED) is 0.367. The highest BCUT2D eigenvalue weighted by Crippen LogP contribution is 2.31. The van der Waals surface area contributed by atoms with Gasteiger partial charge < -0.3 is 0 Å². The predicted octanol–water partition coefficient (Wildman–Crippen LogP) is 5.41. The number of para-hydroxylation sites is 2. The van der Waals surface area contributed by atoms with Gasteiger partial charge in [-0.3, -0.25) is 4.98 Å². The van der Waals surface area contributed by atoms with Crippen LogP contribution in [0.4, 0.5) is 13.2 Å². The van der Waals surface area contributed by atoms with Crippen LogP contribution < -0.4 is 0 Å². The van der Waals surface area contributed by atoms with E-state index in [1.54, 1.807) is 12.3 Å². The minimum atomic E-state index is -4.37. The Kier molecular flexibility index (Phi) is 3.52. The number of halogens is 3. The van der Waals surface area contributed by atoms with Crippen molar-refractivity contribution in [2.45, 2.75) is 6.18 Å². The van der Waals surface area contributed by atoms with Crippen molar-refractivity contribution < 1.29 is 13.2 Å². The van der Waals surface area contributed by atoms with E-state index in [0.717, 1.165) is 23.2 Å². The Morgan fingerprint density at radius 2 is 1.18 bits per heavy atom. The maximum atomic E-state index is 12.7. The van der Waals surface area contributed by atoms with Gasteiger partial charge in [0.1, 0.15) is 0 Å². The van der Waals surface area contributed by atoms with E-state index in [1.165, 1.54) is 12.1 Å². The van der Waals surface area contributed by atoms with E-state index in [0.29, 0.717) is 33.3 Å². The van der Waals surface area contributed by atoms with Crippen LogP contribution in [0.15, 0.2) is 66.9 Å². The highest BCUT2D eigenvalue weighted by molar-refractivity contribution is 5.94. The molecule has 2 heterocycles. The second kappa shape index (κ2) is 5.95. The highest BCUT2D eigenvalue weighted by Gasteiger charge is 2.30. The van der Waals surface area contributed by atoms with Crippen molar-refractivity contribution in [1.82, 2.24) is 19.9 Å². The Hall–Kier alpha value is -3.61. The Bertz CT molecular complexity index is 1350. The Morgan fingerprint density at radius 3 is 1.79 bits per heavy atom. The van der Waals surface area contributed by atoms with Crippen LogP contribution in [0.2, 0.25) is 0 Å². The third kappa shape index (κ3) is 2.81. The molecule has 0 atom stereocenters. The first-order chi connectivity index (χ1) is 13.5. The largest absolute Gasteiger partial charge is 0.416 e. The zero-order valence-corrected chi connectivity index (χ0v) is 14.3. The topological polar surface area (TPSA) is 51.6 Å². The monoisotopic (exact) mass is 376 g/mol. The molecule has 0 aliphatic carbocycles. The molecule has 5 aromatic rings. The smallest absolute Gasteiger partial charge is 0.252 e.